The fourth-order valence-corrected chi connectivity index (χ4v) is 7.37. The zero-order valence-corrected chi connectivity index (χ0v) is 30.8. The number of methoxy groups -OCH3 is 1. The van der Waals surface area contributed by atoms with Gasteiger partial charge < -0.3 is 34.7 Å². The lowest BCUT2D eigenvalue weighted by Crippen LogP contribution is -2.42. The summed E-state index contributed by atoms with van der Waals surface area (Å²) >= 11 is 0. The van der Waals surface area contributed by atoms with Crippen LogP contribution in [0.15, 0.2) is 90.1 Å². The number of ether oxygens (including phenoxy) is 3. The van der Waals surface area contributed by atoms with Crippen LogP contribution < -0.4 is 26.0 Å². The number of pyridine rings is 2. The van der Waals surface area contributed by atoms with Gasteiger partial charge in [0.1, 0.15) is 23.0 Å². The summed E-state index contributed by atoms with van der Waals surface area (Å²) in [7, 11) is 1.51. The van der Waals surface area contributed by atoms with E-state index < -0.39 is 29.1 Å². The highest BCUT2D eigenvalue weighted by atomic mass is 19.1. The minimum absolute atomic E-state index is 0.0541. The zero-order chi connectivity index (χ0) is 38.9. The van der Waals surface area contributed by atoms with Crippen LogP contribution in [0.1, 0.15) is 36.0 Å². The molecule has 1 saturated carbocycles. The van der Waals surface area contributed by atoms with Gasteiger partial charge in [0.15, 0.2) is 17.6 Å². The monoisotopic (exact) mass is 761 g/mol. The Bertz CT molecular complexity index is 2360. The van der Waals surface area contributed by atoms with Crippen LogP contribution >= 0.6 is 0 Å². The first-order valence-corrected chi connectivity index (χ1v) is 18.7. The summed E-state index contributed by atoms with van der Waals surface area (Å²) in [5.74, 6) is -0.116. The molecule has 3 aromatic carbocycles. The van der Waals surface area contributed by atoms with Crippen molar-refractivity contribution in [1.29, 1.82) is 0 Å². The molecule has 0 bridgehead atoms. The van der Waals surface area contributed by atoms with Gasteiger partial charge in [-0.15, -0.1) is 0 Å². The van der Waals surface area contributed by atoms with Crippen LogP contribution in [-0.4, -0.2) is 65.8 Å². The molecule has 3 aliphatic rings. The van der Waals surface area contributed by atoms with Crippen LogP contribution in [0, 0.1) is 23.5 Å². The lowest BCUT2D eigenvalue weighted by atomic mass is 9.85. The molecule has 2 aliphatic heterocycles. The van der Waals surface area contributed by atoms with E-state index in [4.69, 9.17) is 19.9 Å². The molecule has 56 heavy (non-hydrogen) atoms. The molecule has 3 N–H and O–H groups in total. The minimum Gasteiger partial charge on any atom is -0.493 e. The summed E-state index contributed by atoms with van der Waals surface area (Å²) in [5.41, 5.74) is 8.33. The second kappa shape index (κ2) is 15.6. The van der Waals surface area contributed by atoms with Gasteiger partial charge in [0, 0.05) is 78.5 Å². The Hall–Kier alpha value is -6.08. The lowest BCUT2D eigenvalue weighted by Gasteiger charge is -2.30. The topological polar surface area (TPSA) is 138 Å². The maximum Gasteiger partial charge on any atom is 0.263 e. The van der Waals surface area contributed by atoms with E-state index in [0.29, 0.717) is 84.9 Å². The van der Waals surface area contributed by atoms with E-state index in [-0.39, 0.29) is 34.1 Å². The minimum atomic E-state index is -0.698. The van der Waals surface area contributed by atoms with Crippen LogP contribution in [-0.2, 0) is 16.1 Å². The van der Waals surface area contributed by atoms with E-state index in [2.05, 4.69) is 10.3 Å². The van der Waals surface area contributed by atoms with E-state index >= 15 is 4.39 Å². The van der Waals surface area contributed by atoms with Crippen molar-refractivity contribution < 1.29 is 32.6 Å². The normalized spacial score (nSPS) is 17.0. The quantitative estimate of drug-likeness (QED) is 0.142. The number of nitrogen functional groups attached to an aromatic ring is 1. The maximum absolute atomic E-state index is 15.9. The molecule has 2 saturated heterocycles. The van der Waals surface area contributed by atoms with Crippen molar-refractivity contribution in [2.45, 2.75) is 38.3 Å². The second-order valence-corrected chi connectivity index (χ2v) is 14.7. The fourth-order valence-electron chi connectivity index (χ4n) is 7.37. The van der Waals surface area contributed by atoms with Gasteiger partial charge in [-0.05, 0) is 78.4 Å². The molecule has 1 atom stereocenters. The van der Waals surface area contributed by atoms with Crippen LogP contribution in [0.3, 0.4) is 0 Å². The van der Waals surface area contributed by atoms with Gasteiger partial charge in [-0.2, -0.15) is 0 Å². The highest BCUT2D eigenvalue weighted by Crippen LogP contribution is 2.37. The van der Waals surface area contributed by atoms with Gasteiger partial charge in [0.25, 0.3) is 11.8 Å². The van der Waals surface area contributed by atoms with Crippen molar-refractivity contribution in [3.8, 4) is 44.9 Å². The number of nitrogens with zero attached hydrogens (tertiary/aromatic N) is 3. The molecule has 13 heteroatoms. The molecule has 0 radical (unpaired) electrons. The maximum atomic E-state index is 15.9. The Balaban J connectivity index is 1.00. The van der Waals surface area contributed by atoms with E-state index in [1.807, 2.05) is 9.47 Å². The van der Waals surface area contributed by atoms with Crippen molar-refractivity contribution >= 4 is 23.3 Å². The molecule has 2 amide bonds. The largest absolute Gasteiger partial charge is 0.493 e. The molecule has 11 nitrogen and oxygen atoms in total. The molecule has 0 spiro atoms. The SMILES string of the molecule is COc1cc(-c2cnc(N)c(-c3ccc(NC(=O)c4cn(CC5CCC5)cc(-c5ccc(F)cc5)c4=O)cc3F)c2)ccc1O[C@@H]1CCN(CC2COC2)C1=O. The average Bonchev–Trinajstić information content (AvgIpc) is 3.50. The van der Waals surface area contributed by atoms with Crippen LogP contribution in [0.5, 0.6) is 11.5 Å². The number of halogens is 2. The highest BCUT2D eigenvalue weighted by molar-refractivity contribution is 6.04. The Morgan fingerprint density at radius 2 is 1.66 bits per heavy atom. The third kappa shape index (κ3) is 7.59. The number of nitrogens with one attached hydrogen (secondary N) is 1. The van der Waals surface area contributed by atoms with Crippen LogP contribution in [0.25, 0.3) is 33.4 Å². The molecule has 3 fully saturated rings. The van der Waals surface area contributed by atoms with Crippen molar-refractivity contribution in [3.63, 3.8) is 0 Å². The molecule has 0 unspecified atom stereocenters. The lowest BCUT2D eigenvalue weighted by molar-refractivity contribution is -0.136. The van der Waals surface area contributed by atoms with E-state index in [9.17, 15) is 18.8 Å². The number of hydrogen-bond acceptors (Lipinski definition) is 8. The Morgan fingerprint density at radius 3 is 2.36 bits per heavy atom. The van der Waals surface area contributed by atoms with Crippen molar-refractivity contribution in [3.05, 3.63) is 113 Å². The van der Waals surface area contributed by atoms with Gasteiger partial charge in [0.05, 0.1) is 20.3 Å². The predicted molar refractivity (Wildman–Crippen MR) is 207 cm³/mol. The molecule has 4 heterocycles. The summed E-state index contributed by atoms with van der Waals surface area (Å²) in [4.78, 5) is 46.4. The zero-order valence-electron chi connectivity index (χ0n) is 30.8. The third-order valence-corrected chi connectivity index (χ3v) is 10.8. The van der Waals surface area contributed by atoms with Gasteiger partial charge in [-0.3, -0.25) is 14.4 Å². The number of anilines is 2. The number of benzene rings is 3. The number of carbonyl (C=O) groups excluding carboxylic acids is 2. The van der Waals surface area contributed by atoms with E-state index in [1.54, 1.807) is 36.7 Å². The van der Waals surface area contributed by atoms with Crippen LogP contribution in [0.4, 0.5) is 20.3 Å². The third-order valence-electron chi connectivity index (χ3n) is 10.8. The summed E-state index contributed by atoms with van der Waals surface area (Å²) < 4.78 is 48.4. The van der Waals surface area contributed by atoms with Crippen molar-refractivity contribution in [1.82, 2.24) is 14.5 Å². The van der Waals surface area contributed by atoms with Gasteiger partial charge in [-0.1, -0.05) is 24.6 Å². The molecular formula is C43H41F2N5O6. The highest BCUT2D eigenvalue weighted by Gasteiger charge is 2.36. The first-order chi connectivity index (χ1) is 27.1. The first-order valence-electron chi connectivity index (χ1n) is 18.7. The number of rotatable bonds is 12. The number of nitrogens with two attached hydrogens (primary N) is 1. The molecular weight excluding hydrogens is 720 g/mol. The number of hydrogen-bond donors (Lipinski definition) is 2. The van der Waals surface area contributed by atoms with Crippen LogP contribution in [0.2, 0.25) is 0 Å². The smallest absolute Gasteiger partial charge is 0.263 e. The van der Waals surface area contributed by atoms with Gasteiger partial charge in [0.2, 0.25) is 5.43 Å². The molecule has 2 aromatic heterocycles. The van der Waals surface area contributed by atoms with Crippen molar-refractivity contribution in [2.24, 2.45) is 11.8 Å². The number of carbonyl (C=O) groups is 2. The van der Waals surface area contributed by atoms with Gasteiger partial charge >= 0.3 is 0 Å². The van der Waals surface area contributed by atoms with Crippen molar-refractivity contribution in [2.75, 3.05) is 44.5 Å². The molecule has 1 aliphatic carbocycles. The molecule has 288 valence electrons. The summed E-state index contributed by atoms with van der Waals surface area (Å²) in [6, 6.07) is 16.7. The summed E-state index contributed by atoms with van der Waals surface area (Å²) in [5, 5.41) is 2.68. The average molecular weight is 762 g/mol. The van der Waals surface area contributed by atoms with E-state index in [0.717, 1.165) is 25.3 Å². The standard InChI is InChI=1S/C43H41F2N5O6/c1-54-39-16-28(7-12-37(39)56-38-13-14-50(43(38)53)20-26-23-55-24-26)29-15-33(41(46)47-18-29)32-11-10-31(17-36(32)45)48-42(52)35-22-49(19-25-3-2-4-25)21-34(40(35)51)27-5-8-30(44)9-6-27/h5-12,15-18,21-22,25-26,38H,2-4,13-14,19-20,23-24H2,1H3,(H2,46,47)(H,48,52)/t38-/m1/s1. The number of likely N-dealkylation sites (tertiary alicyclic amines) is 1. The predicted octanol–water partition coefficient (Wildman–Crippen LogP) is 6.79. The van der Waals surface area contributed by atoms with Gasteiger partial charge in [-0.25, -0.2) is 13.8 Å². The number of aromatic nitrogens is 2. The second-order valence-electron chi connectivity index (χ2n) is 14.7. The fraction of sp³-hybridized carbons (Fsp3) is 0.302. The molecule has 5 aromatic rings. The summed E-state index contributed by atoms with van der Waals surface area (Å²) in [6.45, 7) is 3.26. The molecule has 8 rings (SSSR count). The summed E-state index contributed by atoms with van der Waals surface area (Å²) in [6.07, 6.45) is 8.00. The Kier molecular flexibility index (Phi) is 10.3. The number of amides is 2. The first kappa shape index (κ1) is 36.9. The Morgan fingerprint density at radius 1 is 0.875 bits per heavy atom. The Labute approximate surface area is 322 Å². The van der Waals surface area contributed by atoms with E-state index in [1.165, 1.54) is 49.7 Å².